The van der Waals surface area contributed by atoms with E-state index in [9.17, 15) is 22.8 Å². The summed E-state index contributed by atoms with van der Waals surface area (Å²) in [6, 6.07) is 14.2. The molecule has 0 aliphatic heterocycles. The fourth-order valence-corrected chi connectivity index (χ4v) is 2.61. The number of alkyl carbamates (subject to hydrolysis) is 1. The quantitative estimate of drug-likeness (QED) is 0.606. The van der Waals surface area contributed by atoms with Gasteiger partial charge in [0.1, 0.15) is 5.76 Å². The molecule has 2 N–H and O–H groups in total. The highest BCUT2D eigenvalue weighted by molar-refractivity contribution is 6.02. The first-order valence-corrected chi connectivity index (χ1v) is 8.76. The standard InChI is InChI=1S/C21H17F3N2O4/c1-29-20(28)25-12-13-5-7-16(8-6-13)26-19(27)18-10-9-17(30-18)14-3-2-4-15(11-14)21(22,23)24/h2-11H,12H2,1H3,(H,25,28)(H,26,27). The average molecular weight is 418 g/mol. The molecule has 0 radical (unpaired) electrons. The van der Waals surface area contributed by atoms with Crippen molar-refractivity contribution in [2.75, 3.05) is 12.4 Å². The van der Waals surface area contributed by atoms with E-state index in [-0.39, 0.29) is 23.6 Å². The van der Waals surface area contributed by atoms with Gasteiger partial charge in [-0.3, -0.25) is 4.79 Å². The van der Waals surface area contributed by atoms with Crippen LogP contribution in [0.15, 0.2) is 65.1 Å². The lowest BCUT2D eigenvalue weighted by atomic mass is 10.1. The normalized spacial score (nSPS) is 11.1. The summed E-state index contributed by atoms with van der Waals surface area (Å²) < 4.78 is 48.5. The summed E-state index contributed by atoms with van der Waals surface area (Å²) in [6.07, 6.45) is -5.02. The Morgan fingerprint density at radius 1 is 1.03 bits per heavy atom. The Morgan fingerprint density at radius 2 is 1.77 bits per heavy atom. The van der Waals surface area contributed by atoms with Crippen LogP contribution in [0.5, 0.6) is 0 Å². The van der Waals surface area contributed by atoms with Crippen molar-refractivity contribution in [2.45, 2.75) is 12.7 Å². The van der Waals surface area contributed by atoms with E-state index in [1.54, 1.807) is 24.3 Å². The number of benzene rings is 2. The first kappa shape index (κ1) is 21.0. The van der Waals surface area contributed by atoms with Crippen LogP contribution in [0, 0.1) is 0 Å². The monoisotopic (exact) mass is 418 g/mol. The van der Waals surface area contributed by atoms with Gasteiger partial charge >= 0.3 is 12.3 Å². The lowest BCUT2D eigenvalue weighted by Crippen LogP contribution is -2.22. The van der Waals surface area contributed by atoms with Gasteiger partial charge in [0, 0.05) is 17.8 Å². The van der Waals surface area contributed by atoms with Crippen LogP contribution >= 0.6 is 0 Å². The maximum atomic E-state index is 12.9. The summed E-state index contributed by atoms with van der Waals surface area (Å²) in [5.41, 5.74) is 0.692. The number of ether oxygens (including phenoxy) is 1. The number of anilines is 1. The van der Waals surface area contributed by atoms with Crippen LogP contribution in [0.1, 0.15) is 21.7 Å². The molecule has 9 heteroatoms. The van der Waals surface area contributed by atoms with Gasteiger partial charge in [-0.05, 0) is 42.0 Å². The number of methoxy groups -OCH3 is 1. The number of hydrogen-bond donors (Lipinski definition) is 2. The van der Waals surface area contributed by atoms with Crippen molar-refractivity contribution in [3.8, 4) is 11.3 Å². The van der Waals surface area contributed by atoms with Crippen LogP contribution in [0.3, 0.4) is 0 Å². The van der Waals surface area contributed by atoms with Gasteiger partial charge in [-0.2, -0.15) is 13.2 Å². The number of furan rings is 1. The lowest BCUT2D eigenvalue weighted by Gasteiger charge is -2.07. The molecule has 0 spiro atoms. The molecule has 0 saturated heterocycles. The number of hydrogen-bond acceptors (Lipinski definition) is 4. The lowest BCUT2D eigenvalue weighted by molar-refractivity contribution is -0.137. The Morgan fingerprint density at radius 3 is 2.43 bits per heavy atom. The largest absolute Gasteiger partial charge is 0.453 e. The first-order valence-electron chi connectivity index (χ1n) is 8.76. The van der Waals surface area contributed by atoms with Gasteiger partial charge in [-0.25, -0.2) is 4.79 Å². The minimum atomic E-state index is -4.47. The van der Waals surface area contributed by atoms with Gasteiger partial charge in [0.05, 0.1) is 12.7 Å². The Bertz CT molecular complexity index is 1040. The summed E-state index contributed by atoms with van der Waals surface area (Å²) in [4.78, 5) is 23.4. The maximum Gasteiger partial charge on any atom is 0.416 e. The minimum Gasteiger partial charge on any atom is -0.453 e. The molecule has 0 aliphatic rings. The van der Waals surface area contributed by atoms with Gasteiger partial charge in [0.15, 0.2) is 5.76 Å². The van der Waals surface area contributed by atoms with Gasteiger partial charge < -0.3 is 19.8 Å². The van der Waals surface area contributed by atoms with Crippen molar-refractivity contribution in [3.05, 3.63) is 77.6 Å². The number of amides is 2. The van der Waals surface area contributed by atoms with E-state index in [4.69, 9.17) is 4.42 Å². The second-order valence-electron chi connectivity index (χ2n) is 6.24. The van der Waals surface area contributed by atoms with Crippen LogP contribution in [0.2, 0.25) is 0 Å². The van der Waals surface area contributed by atoms with Gasteiger partial charge in [-0.15, -0.1) is 0 Å². The van der Waals surface area contributed by atoms with Crippen molar-refractivity contribution in [1.29, 1.82) is 0 Å². The summed E-state index contributed by atoms with van der Waals surface area (Å²) in [7, 11) is 1.26. The molecule has 1 heterocycles. The van der Waals surface area contributed by atoms with Crippen molar-refractivity contribution >= 4 is 17.7 Å². The second-order valence-corrected chi connectivity index (χ2v) is 6.24. The number of alkyl halides is 3. The van der Waals surface area contributed by atoms with E-state index >= 15 is 0 Å². The van der Waals surface area contributed by atoms with Crippen LogP contribution in [-0.4, -0.2) is 19.1 Å². The highest BCUT2D eigenvalue weighted by Gasteiger charge is 2.30. The number of rotatable bonds is 5. The summed E-state index contributed by atoms with van der Waals surface area (Å²) in [5, 5.41) is 5.17. The number of nitrogens with one attached hydrogen (secondary N) is 2. The number of halogens is 3. The Hall–Kier alpha value is -3.75. The third-order valence-corrected chi connectivity index (χ3v) is 4.14. The predicted molar refractivity (Wildman–Crippen MR) is 103 cm³/mol. The molecule has 3 rings (SSSR count). The molecule has 3 aromatic rings. The van der Waals surface area contributed by atoms with Crippen LogP contribution < -0.4 is 10.6 Å². The molecule has 2 aromatic carbocycles. The van der Waals surface area contributed by atoms with Crippen LogP contribution in [0.25, 0.3) is 11.3 Å². The van der Waals surface area contributed by atoms with E-state index in [1.807, 2.05) is 0 Å². The molecule has 0 bridgehead atoms. The zero-order valence-electron chi connectivity index (χ0n) is 15.7. The van der Waals surface area contributed by atoms with E-state index in [0.29, 0.717) is 5.69 Å². The van der Waals surface area contributed by atoms with Gasteiger partial charge in [0.2, 0.25) is 0 Å². The smallest absolute Gasteiger partial charge is 0.416 e. The third-order valence-electron chi connectivity index (χ3n) is 4.14. The van der Waals surface area contributed by atoms with Crippen molar-refractivity contribution in [3.63, 3.8) is 0 Å². The topological polar surface area (TPSA) is 80.6 Å². The summed E-state index contributed by atoms with van der Waals surface area (Å²) in [6.45, 7) is 0.263. The molecule has 2 amide bonds. The Balaban J connectivity index is 1.66. The fraction of sp³-hybridized carbons (Fsp3) is 0.143. The summed E-state index contributed by atoms with van der Waals surface area (Å²) in [5.74, 6) is -0.442. The van der Waals surface area contributed by atoms with Gasteiger partial charge in [0.25, 0.3) is 5.91 Å². The van der Waals surface area contributed by atoms with Crippen molar-refractivity contribution < 1.29 is 31.9 Å². The average Bonchev–Trinajstić information content (AvgIpc) is 3.23. The molecule has 0 fully saturated rings. The third kappa shape index (κ3) is 5.19. The molecule has 0 saturated carbocycles. The molecule has 30 heavy (non-hydrogen) atoms. The van der Waals surface area contributed by atoms with E-state index < -0.39 is 23.7 Å². The Labute approximate surface area is 169 Å². The number of carbonyl (C=O) groups excluding carboxylic acids is 2. The zero-order chi connectivity index (χ0) is 21.7. The van der Waals surface area contributed by atoms with E-state index in [0.717, 1.165) is 17.7 Å². The van der Waals surface area contributed by atoms with Crippen LogP contribution in [-0.2, 0) is 17.5 Å². The van der Waals surface area contributed by atoms with Crippen molar-refractivity contribution in [1.82, 2.24) is 5.32 Å². The molecule has 6 nitrogen and oxygen atoms in total. The molecule has 0 atom stereocenters. The minimum absolute atomic E-state index is 0.0427. The highest BCUT2D eigenvalue weighted by Crippen LogP contribution is 2.32. The number of carbonyl (C=O) groups is 2. The molecule has 0 unspecified atom stereocenters. The van der Waals surface area contributed by atoms with E-state index in [1.165, 1.54) is 31.4 Å². The predicted octanol–water partition coefficient (Wildman–Crippen LogP) is 5.07. The molecule has 0 aliphatic carbocycles. The molecular weight excluding hydrogens is 401 g/mol. The Kier molecular flexibility index (Phi) is 6.10. The maximum absolute atomic E-state index is 12.9. The zero-order valence-corrected chi connectivity index (χ0v) is 15.7. The first-order chi connectivity index (χ1) is 14.3. The highest BCUT2D eigenvalue weighted by atomic mass is 19.4. The van der Waals surface area contributed by atoms with Crippen molar-refractivity contribution in [2.24, 2.45) is 0 Å². The van der Waals surface area contributed by atoms with E-state index in [2.05, 4.69) is 15.4 Å². The molecule has 1 aromatic heterocycles. The van der Waals surface area contributed by atoms with Crippen LogP contribution in [0.4, 0.5) is 23.7 Å². The van der Waals surface area contributed by atoms with Gasteiger partial charge in [-0.1, -0.05) is 24.3 Å². The molecule has 156 valence electrons. The summed E-state index contributed by atoms with van der Waals surface area (Å²) >= 11 is 0. The fourth-order valence-electron chi connectivity index (χ4n) is 2.61. The SMILES string of the molecule is COC(=O)NCc1ccc(NC(=O)c2ccc(-c3cccc(C(F)(F)F)c3)o2)cc1. The second kappa shape index (κ2) is 8.73. The molecular formula is C21H17F3N2O4.